The topological polar surface area (TPSA) is 96.2 Å². The number of nitrogen functional groups attached to an aromatic ring is 1. The minimum atomic E-state index is -0.363. The van der Waals surface area contributed by atoms with E-state index in [0.717, 1.165) is 29.5 Å². The van der Waals surface area contributed by atoms with Crippen molar-refractivity contribution in [2.45, 2.75) is 19.3 Å². The number of carbonyl (C=O) groups is 1. The average Bonchev–Trinajstić information content (AvgIpc) is 3.17. The van der Waals surface area contributed by atoms with Crippen LogP contribution in [0.5, 0.6) is 0 Å². The van der Waals surface area contributed by atoms with Crippen molar-refractivity contribution < 1.29 is 4.79 Å². The maximum Gasteiger partial charge on any atom is 0.326 e. The standard InChI is InChI=1S/C20H22N6OS/c21-15-9-7-14(8-10-15)19-23-17(13-28-19)25-20(27)24-16-5-4-6-18(22-16)26-11-2-1-3-12-26/h4-10,13H,1-3,11-12,21H2,(H2,22,24,25,27). The van der Waals surface area contributed by atoms with Gasteiger partial charge in [-0.25, -0.2) is 14.8 Å². The zero-order valence-corrected chi connectivity index (χ0v) is 16.2. The molecule has 1 saturated heterocycles. The van der Waals surface area contributed by atoms with Crippen LogP contribution in [0.25, 0.3) is 10.6 Å². The third kappa shape index (κ3) is 4.40. The Morgan fingerprint density at radius 1 is 0.964 bits per heavy atom. The first-order valence-electron chi connectivity index (χ1n) is 9.29. The third-order valence-corrected chi connectivity index (χ3v) is 5.45. The van der Waals surface area contributed by atoms with Gasteiger partial charge in [0.1, 0.15) is 22.5 Å². The van der Waals surface area contributed by atoms with Crippen LogP contribution in [0.15, 0.2) is 47.8 Å². The molecular formula is C20H22N6OS. The number of hydrogen-bond donors (Lipinski definition) is 3. The Kier molecular flexibility index (Phi) is 5.38. The molecule has 0 spiro atoms. The van der Waals surface area contributed by atoms with Gasteiger partial charge in [0.25, 0.3) is 0 Å². The highest BCUT2D eigenvalue weighted by atomic mass is 32.1. The summed E-state index contributed by atoms with van der Waals surface area (Å²) in [6, 6.07) is 12.8. The summed E-state index contributed by atoms with van der Waals surface area (Å²) < 4.78 is 0. The monoisotopic (exact) mass is 394 g/mol. The zero-order valence-electron chi connectivity index (χ0n) is 15.4. The van der Waals surface area contributed by atoms with Crippen LogP contribution in [0.3, 0.4) is 0 Å². The lowest BCUT2D eigenvalue weighted by molar-refractivity contribution is 0.262. The average molecular weight is 395 g/mol. The highest BCUT2D eigenvalue weighted by Gasteiger charge is 2.13. The van der Waals surface area contributed by atoms with Gasteiger partial charge in [0.2, 0.25) is 0 Å². The third-order valence-electron chi connectivity index (χ3n) is 4.56. The molecule has 144 valence electrons. The van der Waals surface area contributed by atoms with E-state index in [1.54, 1.807) is 6.07 Å². The molecule has 7 nitrogen and oxygen atoms in total. The van der Waals surface area contributed by atoms with Crippen LogP contribution in [0.2, 0.25) is 0 Å². The number of amides is 2. The normalized spacial score (nSPS) is 13.9. The number of nitrogens with zero attached hydrogens (tertiary/aromatic N) is 3. The second-order valence-electron chi connectivity index (χ2n) is 6.67. The highest BCUT2D eigenvalue weighted by molar-refractivity contribution is 7.13. The Morgan fingerprint density at radius 3 is 2.50 bits per heavy atom. The number of nitrogens with one attached hydrogen (secondary N) is 2. The molecule has 3 heterocycles. The van der Waals surface area contributed by atoms with Crippen LogP contribution < -0.4 is 21.3 Å². The number of benzene rings is 1. The Morgan fingerprint density at radius 2 is 1.71 bits per heavy atom. The second-order valence-corrected chi connectivity index (χ2v) is 7.53. The number of thiazole rings is 1. The van der Waals surface area contributed by atoms with Crippen molar-refractivity contribution in [2.75, 3.05) is 34.4 Å². The van der Waals surface area contributed by atoms with E-state index in [1.807, 2.05) is 41.8 Å². The molecule has 1 fully saturated rings. The molecule has 4 rings (SSSR count). The van der Waals surface area contributed by atoms with Gasteiger partial charge in [-0.05, 0) is 55.7 Å². The number of pyridine rings is 1. The molecule has 4 N–H and O–H groups in total. The number of hydrogen-bond acceptors (Lipinski definition) is 6. The van der Waals surface area contributed by atoms with Crippen molar-refractivity contribution in [2.24, 2.45) is 0 Å². The highest BCUT2D eigenvalue weighted by Crippen LogP contribution is 2.26. The van der Waals surface area contributed by atoms with Crippen LogP contribution in [0.4, 0.5) is 27.9 Å². The van der Waals surface area contributed by atoms with Gasteiger partial charge in [0.05, 0.1) is 0 Å². The van der Waals surface area contributed by atoms with Crippen LogP contribution in [0.1, 0.15) is 19.3 Å². The Bertz CT molecular complexity index is 949. The molecule has 8 heteroatoms. The van der Waals surface area contributed by atoms with E-state index in [9.17, 15) is 4.79 Å². The molecule has 1 aromatic carbocycles. The van der Waals surface area contributed by atoms with Crippen molar-refractivity contribution in [1.29, 1.82) is 0 Å². The van der Waals surface area contributed by atoms with Crippen molar-refractivity contribution in [3.8, 4) is 10.6 Å². The first-order chi connectivity index (χ1) is 13.7. The number of anilines is 4. The summed E-state index contributed by atoms with van der Waals surface area (Å²) in [5.74, 6) is 1.92. The summed E-state index contributed by atoms with van der Waals surface area (Å²) in [6.45, 7) is 2.02. The Balaban J connectivity index is 1.39. The van der Waals surface area contributed by atoms with Crippen LogP contribution in [-0.2, 0) is 0 Å². The van der Waals surface area contributed by atoms with E-state index in [1.165, 1.54) is 30.6 Å². The molecular weight excluding hydrogens is 372 g/mol. The first kappa shape index (κ1) is 18.2. The molecule has 3 aromatic rings. The predicted octanol–water partition coefficient (Wildman–Crippen LogP) is 4.42. The van der Waals surface area contributed by atoms with Crippen molar-refractivity contribution in [3.05, 3.63) is 47.8 Å². The van der Waals surface area contributed by atoms with E-state index >= 15 is 0 Å². The Labute approximate surface area is 167 Å². The summed E-state index contributed by atoms with van der Waals surface area (Å²) in [5, 5.41) is 8.18. The second kappa shape index (κ2) is 8.26. The van der Waals surface area contributed by atoms with Gasteiger partial charge in [0.15, 0.2) is 0 Å². The number of piperidine rings is 1. The van der Waals surface area contributed by atoms with Crippen molar-refractivity contribution in [3.63, 3.8) is 0 Å². The maximum atomic E-state index is 12.3. The van der Waals surface area contributed by atoms with Crippen molar-refractivity contribution >= 4 is 40.5 Å². The summed E-state index contributed by atoms with van der Waals surface area (Å²) >= 11 is 1.46. The Hall–Kier alpha value is -3.13. The van der Waals surface area contributed by atoms with Gasteiger partial charge in [0, 0.05) is 29.7 Å². The fraction of sp³-hybridized carbons (Fsp3) is 0.250. The molecule has 1 aliphatic heterocycles. The molecule has 28 heavy (non-hydrogen) atoms. The summed E-state index contributed by atoms with van der Waals surface area (Å²) in [5.41, 5.74) is 7.38. The lowest BCUT2D eigenvalue weighted by Crippen LogP contribution is -2.30. The molecule has 2 amide bonds. The molecule has 2 aromatic heterocycles. The smallest absolute Gasteiger partial charge is 0.326 e. The predicted molar refractivity (Wildman–Crippen MR) is 115 cm³/mol. The van der Waals surface area contributed by atoms with Crippen LogP contribution >= 0.6 is 11.3 Å². The first-order valence-corrected chi connectivity index (χ1v) is 10.2. The largest absolute Gasteiger partial charge is 0.399 e. The zero-order chi connectivity index (χ0) is 19.3. The lowest BCUT2D eigenvalue weighted by atomic mass is 10.1. The summed E-state index contributed by atoms with van der Waals surface area (Å²) in [6.07, 6.45) is 3.63. The molecule has 0 atom stereocenters. The minimum absolute atomic E-state index is 0.363. The maximum absolute atomic E-state index is 12.3. The summed E-state index contributed by atoms with van der Waals surface area (Å²) in [4.78, 5) is 23.6. The fourth-order valence-electron chi connectivity index (χ4n) is 3.15. The number of carbonyl (C=O) groups excluding carboxylic acids is 1. The molecule has 0 aliphatic carbocycles. The fourth-order valence-corrected chi connectivity index (χ4v) is 3.90. The van der Waals surface area contributed by atoms with Gasteiger partial charge in [-0.1, -0.05) is 6.07 Å². The van der Waals surface area contributed by atoms with E-state index in [4.69, 9.17) is 5.73 Å². The minimum Gasteiger partial charge on any atom is -0.399 e. The molecule has 0 unspecified atom stereocenters. The van der Waals surface area contributed by atoms with Crippen LogP contribution in [-0.4, -0.2) is 29.1 Å². The van der Waals surface area contributed by atoms with E-state index in [-0.39, 0.29) is 6.03 Å². The van der Waals surface area contributed by atoms with E-state index in [2.05, 4.69) is 25.5 Å². The molecule has 0 saturated carbocycles. The number of rotatable bonds is 4. The SMILES string of the molecule is Nc1ccc(-c2nc(NC(=O)Nc3cccc(N4CCCCC4)n3)cs2)cc1. The molecule has 0 radical (unpaired) electrons. The molecule has 0 bridgehead atoms. The summed E-state index contributed by atoms with van der Waals surface area (Å²) in [7, 11) is 0. The van der Waals surface area contributed by atoms with Gasteiger partial charge in [-0.2, -0.15) is 0 Å². The van der Waals surface area contributed by atoms with E-state index in [0.29, 0.717) is 17.3 Å². The van der Waals surface area contributed by atoms with Gasteiger partial charge < -0.3 is 10.6 Å². The van der Waals surface area contributed by atoms with Gasteiger partial charge >= 0.3 is 6.03 Å². The van der Waals surface area contributed by atoms with E-state index < -0.39 is 0 Å². The number of urea groups is 1. The number of nitrogens with two attached hydrogens (primary N) is 1. The quantitative estimate of drug-likeness (QED) is 0.569. The molecule has 1 aliphatic rings. The number of aromatic nitrogens is 2. The van der Waals surface area contributed by atoms with Gasteiger partial charge in [-0.15, -0.1) is 11.3 Å². The van der Waals surface area contributed by atoms with Crippen molar-refractivity contribution in [1.82, 2.24) is 9.97 Å². The van der Waals surface area contributed by atoms with Gasteiger partial charge in [-0.3, -0.25) is 10.6 Å². The van der Waals surface area contributed by atoms with Crippen LogP contribution in [0, 0.1) is 0 Å². The lowest BCUT2D eigenvalue weighted by Gasteiger charge is -2.27.